The molecule has 0 radical (unpaired) electrons. The molecule has 0 spiro atoms. The van der Waals surface area contributed by atoms with Gasteiger partial charge in [0, 0.05) is 42.6 Å². The number of thioether (sulfide) groups is 1. The molecule has 0 saturated heterocycles. The van der Waals surface area contributed by atoms with Crippen LogP contribution in [0, 0.1) is 6.92 Å². The summed E-state index contributed by atoms with van der Waals surface area (Å²) in [6, 6.07) is 12.9. The van der Waals surface area contributed by atoms with Crippen LogP contribution in [0.4, 0.5) is 5.69 Å². The molecule has 3 rings (SSSR count). The smallest absolute Gasteiger partial charge is 0.0736 e. The number of aromatic amines is 1. The van der Waals surface area contributed by atoms with Crippen molar-refractivity contribution >= 4 is 28.4 Å². The van der Waals surface area contributed by atoms with Crippen LogP contribution in [0.2, 0.25) is 0 Å². The number of hydrogen-bond acceptors (Lipinski definition) is 3. The van der Waals surface area contributed by atoms with E-state index in [1.165, 1.54) is 27.2 Å². The second-order valence-electron chi connectivity index (χ2n) is 5.41. The van der Waals surface area contributed by atoms with E-state index in [0.717, 1.165) is 11.4 Å². The van der Waals surface area contributed by atoms with E-state index >= 15 is 0 Å². The summed E-state index contributed by atoms with van der Waals surface area (Å²) in [5.41, 5.74) is 4.77. The minimum atomic E-state index is 0.869. The fourth-order valence-corrected chi connectivity index (χ4v) is 3.13. The SMILES string of the molecule is Cc1ccc2[nH]c(SCc3cc(N(C)C)ccn3)cc2c1. The third kappa shape index (κ3) is 3.22. The number of aryl methyl sites for hydroxylation is 1. The van der Waals surface area contributed by atoms with E-state index < -0.39 is 0 Å². The van der Waals surface area contributed by atoms with Gasteiger partial charge in [-0.05, 0) is 37.3 Å². The van der Waals surface area contributed by atoms with E-state index in [1.54, 1.807) is 11.8 Å². The first-order valence-electron chi connectivity index (χ1n) is 6.96. The zero-order chi connectivity index (χ0) is 14.8. The van der Waals surface area contributed by atoms with E-state index in [1.807, 2.05) is 26.4 Å². The monoisotopic (exact) mass is 297 g/mol. The number of fused-ring (bicyclic) bond motifs is 1. The van der Waals surface area contributed by atoms with Crippen LogP contribution in [0.5, 0.6) is 0 Å². The first kappa shape index (κ1) is 14.0. The molecule has 0 bridgehead atoms. The Morgan fingerprint density at radius 3 is 2.81 bits per heavy atom. The second kappa shape index (κ2) is 5.82. The number of pyridine rings is 1. The highest BCUT2D eigenvalue weighted by Gasteiger charge is 2.04. The minimum absolute atomic E-state index is 0.869. The van der Waals surface area contributed by atoms with Crippen molar-refractivity contribution in [2.45, 2.75) is 17.7 Å². The molecule has 0 aliphatic heterocycles. The summed E-state index contributed by atoms with van der Waals surface area (Å²) in [6.07, 6.45) is 1.87. The molecule has 0 aliphatic carbocycles. The Bertz CT molecular complexity index is 762. The van der Waals surface area contributed by atoms with Crippen LogP contribution in [0.1, 0.15) is 11.3 Å². The van der Waals surface area contributed by atoms with Gasteiger partial charge in [0.25, 0.3) is 0 Å². The summed E-state index contributed by atoms with van der Waals surface area (Å²) in [4.78, 5) is 10.00. The number of rotatable bonds is 4. The Morgan fingerprint density at radius 2 is 2.00 bits per heavy atom. The topological polar surface area (TPSA) is 31.9 Å². The first-order valence-corrected chi connectivity index (χ1v) is 7.95. The number of benzene rings is 1. The molecular formula is C17H19N3S. The van der Waals surface area contributed by atoms with Gasteiger partial charge in [-0.25, -0.2) is 0 Å². The number of nitrogens with zero attached hydrogens (tertiary/aromatic N) is 2. The standard InChI is InChI=1S/C17H19N3S/c1-12-4-5-16-13(8-12)9-17(19-16)21-11-14-10-15(20(2)3)6-7-18-14/h4-10,19H,11H2,1-3H3. The van der Waals surface area contributed by atoms with Gasteiger partial charge in [-0.15, -0.1) is 11.8 Å². The minimum Gasteiger partial charge on any atom is -0.378 e. The van der Waals surface area contributed by atoms with Crippen molar-refractivity contribution in [1.82, 2.24) is 9.97 Å². The molecule has 108 valence electrons. The van der Waals surface area contributed by atoms with Crippen molar-refractivity contribution < 1.29 is 0 Å². The van der Waals surface area contributed by atoms with Crippen molar-refractivity contribution in [2.75, 3.05) is 19.0 Å². The molecule has 0 fully saturated rings. The van der Waals surface area contributed by atoms with Crippen LogP contribution < -0.4 is 4.90 Å². The van der Waals surface area contributed by atoms with Crippen LogP contribution in [0.25, 0.3) is 10.9 Å². The molecule has 2 heterocycles. The number of aromatic nitrogens is 2. The van der Waals surface area contributed by atoms with Crippen LogP contribution >= 0.6 is 11.8 Å². The fraction of sp³-hybridized carbons (Fsp3) is 0.235. The highest BCUT2D eigenvalue weighted by atomic mass is 32.2. The predicted molar refractivity (Wildman–Crippen MR) is 91.2 cm³/mol. The van der Waals surface area contributed by atoms with Crippen molar-refractivity contribution in [1.29, 1.82) is 0 Å². The molecule has 2 aromatic heterocycles. The van der Waals surface area contributed by atoms with Gasteiger partial charge in [-0.2, -0.15) is 0 Å². The fourth-order valence-electron chi connectivity index (χ4n) is 2.28. The molecule has 1 N–H and O–H groups in total. The van der Waals surface area contributed by atoms with Gasteiger partial charge in [-0.1, -0.05) is 11.6 Å². The molecule has 1 aromatic carbocycles. The Kier molecular flexibility index (Phi) is 3.88. The maximum absolute atomic E-state index is 4.44. The molecular weight excluding hydrogens is 278 g/mol. The zero-order valence-corrected chi connectivity index (χ0v) is 13.4. The Balaban J connectivity index is 1.75. The summed E-state index contributed by atoms with van der Waals surface area (Å²) < 4.78 is 0. The molecule has 21 heavy (non-hydrogen) atoms. The molecule has 3 aromatic rings. The second-order valence-corrected chi connectivity index (χ2v) is 6.43. The Hall–Kier alpha value is -1.94. The van der Waals surface area contributed by atoms with Crippen molar-refractivity contribution in [2.24, 2.45) is 0 Å². The van der Waals surface area contributed by atoms with Crippen LogP contribution in [-0.2, 0) is 5.75 Å². The molecule has 0 aliphatic rings. The summed E-state index contributed by atoms with van der Waals surface area (Å²) in [6.45, 7) is 2.12. The lowest BCUT2D eigenvalue weighted by Crippen LogP contribution is -2.09. The first-order chi connectivity index (χ1) is 10.1. The Morgan fingerprint density at radius 1 is 1.14 bits per heavy atom. The normalized spacial score (nSPS) is 11.0. The average molecular weight is 297 g/mol. The van der Waals surface area contributed by atoms with E-state index in [9.17, 15) is 0 Å². The quantitative estimate of drug-likeness (QED) is 0.731. The summed E-state index contributed by atoms with van der Waals surface area (Å²) in [7, 11) is 4.10. The van der Waals surface area contributed by atoms with E-state index in [4.69, 9.17) is 0 Å². The molecule has 0 unspecified atom stereocenters. The van der Waals surface area contributed by atoms with Gasteiger partial charge in [0.15, 0.2) is 0 Å². The van der Waals surface area contributed by atoms with Crippen molar-refractivity contribution in [3.05, 3.63) is 53.9 Å². The number of hydrogen-bond donors (Lipinski definition) is 1. The van der Waals surface area contributed by atoms with E-state index in [-0.39, 0.29) is 0 Å². The highest BCUT2D eigenvalue weighted by Crippen LogP contribution is 2.27. The van der Waals surface area contributed by atoms with Crippen LogP contribution in [-0.4, -0.2) is 24.1 Å². The van der Waals surface area contributed by atoms with Crippen LogP contribution in [0.3, 0.4) is 0 Å². The summed E-state index contributed by atoms with van der Waals surface area (Å²) >= 11 is 1.79. The van der Waals surface area contributed by atoms with Gasteiger partial charge in [0.1, 0.15) is 0 Å². The number of nitrogens with one attached hydrogen (secondary N) is 1. The largest absolute Gasteiger partial charge is 0.378 e. The van der Waals surface area contributed by atoms with E-state index in [2.05, 4.69) is 52.1 Å². The third-order valence-corrected chi connectivity index (χ3v) is 4.41. The maximum atomic E-state index is 4.44. The molecule has 0 atom stereocenters. The lowest BCUT2D eigenvalue weighted by Gasteiger charge is -2.12. The van der Waals surface area contributed by atoms with E-state index in [0.29, 0.717) is 0 Å². The van der Waals surface area contributed by atoms with Crippen molar-refractivity contribution in [3.8, 4) is 0 Å². The lowest BCUT2D eigenvalue weighted by atomic mass is 10.2. The molecule has 4 heteroatoms. The molecule has 0 saturated carbocycles. The van der Waals surface area contributed by atoms with Crippen LogP contribution in [0.15, 0.2) is 47.6 Å². The lowest BCUT2D eigenvalue weighted by molar-refractivity contribution is 1.09. The average Bonchev–Trinajstić information content (AvgIpc) is 2.87. The molecule has 0 amide bonds. The number of H-pyrrole nitrogens is 1. The van der Waals surface area contributed by atoms with Crippen molar-refractivity contribution in [3.63, 3.8) is 0 Å². The van der Waals surface area contributed by atoms with Gasteiger partial charge < -0.3 is 9.88 Å². The summed E-state index contributed by atoms with van der Waals surface area (Å²) in [5, 5.41) is 2.46. The highest BCUT2D eigenvalue weighted by molar-refractivity contribution is 7.98. The van der Waals surface area contributed by atoms with Gasteiger partial charge in [0.05, 0.1) is 10.7 Å². The third-order valence-electron chi connectivity index (χ3n) is 3.44. The summed E-state index contributed by atoms with van der Waals surface area (Å²) in [5.74, 6) is 0.869. The predicted octanol–water partition coefficient (Wildman–Crippen LogP) is 4.23. The van der Waals surface area contributed by atoms with Gasteiger partial charge in [0.2, 0.25) is 0 Å². The molecule has 3 nitrogen and oxygen atoms in total. The zero-order valence-electron chi connectivity index (χ0n) is 12.6. The Labute approximate surface area is 129 Å². The van der Waals surface area contributed by atoms with Gasteiger partial charge >= 0.3 is 0 Å². The van der Waals surface area contributed by atoms with Gasteiger partial charge in [-0.3, -0.25) is 4.98 Å². The number of anilines is 1. The maximum Gasteiger partial charge on any atom is 0.0736 e.